The molecule has 0 bridgehead atoms. The Kier molecular flexibility index (Phi) is 2.82. The van der Waals surface area contributed by atoms with Gasteiger partial charge in [0.2, 0.25) is 0 Å². The molecular weight excluding hydrogens is 212 g/mol. The summed E-state index contributed by atoms with van der Waals surface area (Å²) in [6, 6.07) is 1.15. The fraction of sp³-hybridized carbons (Fsp3) is 0.769. The average Bonchev–Trinajstić information content (AvgIpc) is 3.06. The Bertz CT molecular complexity index is 381. The van der Waals surface area contributed by atoms with Crippen LogP contribution in [0, 0.1) is 5.92 Å². The van der Waals surface area contributed by atoms with Crippen molar-refractivity contribution in [1.29, 1.82) is 0 Å². The molecule has 0 spiro atoms. The quantitative estimate of drug-likeness (QED) is 0.863. The average molecular weight is 234 g/mol. The highest BCUT2D eigenvalue weighted by Crippen LogP contribution is 2.34. The molecule has 3 rings (SSSR count). The minimum absolute atomic E-state index is 0.450. The fourth-order valence-electron chi connectivity index (χ4n) is 2.60. The van der Waals surface area contributed by atoms with E-state index in [1.165, 1.54) is 18.5 Å². The Labute approximate surface area is 103 Å². The number of piperazine rings is 1. The monoisotopic (exact) mass is 234 g/mol. The molecule has 4 nitrogen and oxygen atoms in total. The van der Waals surface area contributed by atoms with Crippen LogP contribution in [0.15, 0.2) is 12.4 Å². The van der Waals surface area contributed by atoms with E-state index in [1.54, 1.807) is 0 Å². The van der Waals surface area contributed by atoms with Crippen LogP contribution in [0.3, 0.4) is 0 Å². The van der Waals surface area contributed by atoms with Crippen LogP contribution in [0.5, 0.6) is 0 Å². The first-order valence-corrected chi connectivity index (χ1v) is 6.76. The maximum atomic E-state index is 4.43. The minimum Gasteiger partial charge on any atom is -0.366 e. The molecule has 2 fully saturated rings. The highest BCUT2D eigenvalue weighted by molar-refractivity contribution is 5.43. The Morgan fingerprint density at radius 2 is 2.24 bits per heavy atom. The molecular formula is C13H22N4. The van der Waals surface area contributed by atoms with E-state index in [1.807, 2.05) is 10.9 Å². The predicted molar refractivity (Wildman–Crippen MR) is 69.3 cm³/mol. The lowest BCUT2D eigenvalue weighted by Crippen LogP contribution is -2.51. The molecule has 1 aromatic rings. The smallest absolute Gasteiger partial charge is 0.0753 e. The summed E-state index contributed by atoms with van der Waals surface area (Å²) in [5, 5.41) is 8.07. The van der Waals surface area contributed by atoms with Gasteiger partial charge in [-0.2, -0.15) is 5.10 Å². The van der Waals surface area contributed by atoms with Crippen LogP contribution in [0.25, 0.3) is 0 Å². The van der Waals surface area contributed by atoms with Crippen LogP contribution in [-0.2, 0) is 0 Å². The summed E-state index contributed by atoms with van der Waals surface area (Å²) in [6.45, 7) is 7.69. The van der Waals surface area contributed by atoms with Crippen molar-refractivity contribution in [3.05, 3.63) is 12.4 Å². The number of nitrogens with zero attached hydrogens (tertiary/aromatic N) is 3. The summed E-state index contributed by atoms with van der Waals surface area (Å²) in [5.74, 6) is 0.929. The van der Waals surface area contributed by atoms with E-state index in [2.05, 4.69) is 35.4 Å². The van der Waals surface area contributed by atoms with Crippen LogP contribution in [0.2, 0.25) is 0 Å². The summed E-state index contributed by atoms with van der Waals surface area (Å²) >= 11 is 0. The Hall–Kier alpha value is -1.03. The van der Waals surface area contributed by atoms with Gasteiger partial charge in [0, 0.05) is 37.9 Å². The second-order valence-corrected chi connectivity index (χ2v) is 5.62. The van der Waals surface area contributed by atoms with E-state index in [9.17, 15) is 0 Å². The molecule has 2 aliphatic rings. The SMILES string of the molecule is CC(C)n1cc(N2CCNC(C3CC3)C2)cn1. The van der Waals surface area contributed by atoms with Crippen LogP contribution in [0.1, 0.15) is 32.7 Å². The van der Waals surface area contributed by atoms with E-state index < -0.39 is 0 Å². The summed E-state index contributed by atoms with van der Waals surface area (Å²) in [5.41, 5.74) is 1.28. The Morgan fingerprint density at radius 3 is 2.88 bits per heavy atom. The molecule has 2 heterocycles. The third-order valence-electron chi connectivity index (χ3n) is 3.88. The van der Waals surface area contributed by atoms with Crippen molar-refractivity contribution in [3.63, 3.8) is 0 Å². The van der Waals surface area contributed by atoms with Crippen molar-refractivity contribution in [2.75, 3.05) is 24.5 Å². The molecule has 1 N–H and O–H groups in total. The molecule has 1 aliphatic carbocycles. The van der Waals surface area contributed by atoms with E-state index >= 15 is 0 Å². The van der Waals surface area contributed by atoms with Crippen LogP contribution in [0.4, 0.5) is 5.69 Å². The lowest BCUT2D eigenvalue weighted by atomic mass is 10.1. The first-order chi connectivity index (χ1) is 8.24. The second-order valence-electron chi connectivity index (χ2n) is 5.62. The summed E-state index contributed by atoms with van der Waals surface area (Å²) in [6.07, 6.45) is 7.02. The van der Waals surface area contributed by atoms with E-state index in [0.29, 0.717) is 12.1 Å². The van der Waals surface area contributed by atoms with Gasteiger partial charge < -0.3 is 10.2 Å². The lowest BCUT2D eigenvalue weighted by Gasteiger charge is -2.34. The third-order valence-corrected chi connectivity index (χ3v) is 3.88. The summed E-state index contributed by atoms with van der Waals surface area (Å²) in [4.78, 5) is 2.48. The van der Waals surface area contributed by atoms with E-state index in [0.717, 1.165) is 25.6 Å². The molecule has 1 aromatic heterocycles. The van der Waals surface area contributed by atoms with Crippen molar-refractivity contribution in [2.24, 2.45) is 5.92 Å². The number of hydrogen-bond donors (Lipinski definition) is 1. The van der Waals surface area contributed by atoms with Crippen molar-refractivity contribution in [3.8, 4) is 0 Å². The number of aromatic nitrogens is 2. The zero-order valence-electron chi connectivity index (χ0n) is 10.8. The van der Waals surface area contributed by atoms with Crippen LogP contribution >= 0.6 is 0 Å². The molecule has 1 atom stereocenters. The fourth-order valence-corrected chi connectivity index (χ4v) is 2.60. The summed E-state index contributed by atoms with van der Waals surface area (Å²) < 4.78 is 2.05. The van der Waals surface area contributed by atoms with Gasteiger partial charge in [0.25, 0.3) is 0 Å². The molecule has 17 heavy (non-hydrogen) atoms. The molecule has 1 saturated heterocycles. The van der Waals surface area contributed by atoms with Crippen LogP contribution in [-0.4, -0.2) is 35.5 Å². The molecule has 1 unspecified atom stereocenters. The maximum Gasteiger partial charge on any atom is 0.0753 e. The number of anilines is 1. The largest absolute Gasteiger partial charge is 0.366 e. The number of nitrogens with one attached hydrogen (secondary N) is 1. The second kappa shape index (κ2) is 4.33. The van der Waals surface area contributed by atoms with Gasteiger partial charge in [0.1, 0.15) is 0 Å². The molecule has 94 valence electrons. The van der Waals surface area contributed by atoms with Gasteiger partial charge in [-0.15, -0.1) is 0 Å². The molecule has 1 saturated carbocycles. The standard InChI is InChI=1S/C13H22N4/c1-10(2)17-8-12(7-15-17)16-6-5-14-13(9-16)11-3-4-11/h7-8,10-11,13-14H,3-6,9H2,1-2H3. The van der Waals surface area contributed by atoms with Crippen molar-refractivity contribution in [1.82, 2.24) is 15.1 Å². The molecule has 0 amide bonds. The van der Waals surface area contributed by atoms with Crippen molar-refractivity contribution in [2.45, 2.75) is 38.8 Å². The summed E-state index contributed by atoms with van der Waals surface area (Å²) in [7, 11) is 0. The third kappa shape index (κ3) is 2.32. The van der Waals surface area contributed by atoms with Gasteiger partial charge >= 0.3 is 0 Å². The Balaban J connectivity index is 1.69. The number of rotatable bonds is 3. The topological polar surface area (TPSA) is 33.1 Å². The highest BCUT2D eigenvalue weighted by Gasteiger charge is 2.34. The van der Waals surface area contributed by atoms with Gasteiger partial charge in [-0.1, -0.05) is 0 Å². The molecule has 4 heteroatoms. The zero-order chi connectivity index (χ0) is 11.8. The van der Waals surface area contributed by atoms with Crippen LogP contribution < -0.4 is 10.2 Å². The molecule has 0 radical (unpaired) electrons. The van der Waals surface area contributed by atoms with Crippen molar-refractivity contribution < 1.29 is 0 Å². The van der Waals surface area contributed by atoms with Gasteiger partial charge in [-0.05, 0) is 32.6 Å². The predicted octanol–water partition coefficient (Wildman–Crippen LogP) is 1.65. The van der Waals surface area contributed by atoms with Gasteiger partial charge in [-0.25, -0.2) is 0 Å². The lowest BCUT2D eigenvalue weighted by molar-refractivity contribution is 0.418. The zero-order valence-corrected chi connectivity index (χ0v) is 10.8. The maximum absolute atomic E-state index is 4.43. The van der Waals surface area contributed by atoms with Crippen molar-refractivity contribution >= 4 is 5.69 Å². The molecule has 1 aliphatic heterocycles. The van der Waals surface area contributed by atoms with Gasteiger partial charge in [-0.3, -0.25) is 4.68 Å². The minimum atomic E-state index is 0.450. The normalized spacial score (nSPS) is 25.6. The van der Waals surface area contributed by atoms with E-state index in [4.69, 9.17) is 0 Å². The van der Waals surface area contributed by atoms with Gasteiger partial charge in [0.05, 0.1) is 11.9 Å². The molecule has 0 aromatic carbocycles. The Morgan fingerprint density at radius 1 is 1.41 bits per heavy atom. The van der Waals surface area contributed by atoms with E-state index in [-0.39, 0.29) is 0 Å². The highest BCUT2D eigenvalue weighted by atomic mass is 15.3. The number of hydrogen-bond acceptors (Lipinski definition) is 3. The first-order valence-electron chi connectivity index (χ1n) is 6.76. The first kappa shape index (κ1) is 11.1. The van der Waals surface area contributed by atoms with Gasteiger partial charge in [0.15, 0.2) is 0 Å².